The highest BCUT2D eigenvalue weighted by molar-refractivity contribution is 7.98. The highest BCUT2D eigenvalue weighted by atomic mass is 32.2. The minimum Gasteiger partial charge on any atom is -0.360 e. The molecule has 0 aromatic carbocycles. The summed E-state index contributed by atoms with van der Waals surface area (Å²) in [5.41, 5.74) is -0.279. The smallest absolute Gasteiger partial charge is 0.330 e. The summed E-state index contributed by atoms with van der Waals surface area (Å²) in [6.45, 7) is 2.42. The summed E-state index contributed by atoms with van der Waals surface area (Å²) in [6.07, 6.45) is 3.49. The van der Waals surface area contributed by atoms with Crippen molar-refractivity contribution in [3.8, 4) is 0 Å². The largest absolute Gasteiger partial charge is 0.360 e. The summed E-state index contributed by atoms with van der Waals surface area (Å²) in [5.74, 6) is 0.886. The maximum absolute atomic E-state index is 11.3. The van der Waals surface area contributed by atoms with Crippen molar-refractivity contribution in [1.29, 1.82) is 0 Å². The number of hydrogen-bond donors (Lipinski definition) is 1. The fourth-order valence-electron chi connectivity index (χ4n) is 1.02. The summed E-state index contributed by atoms with van der Waals surface area (Å²) in [6, 6.07) is 0. The number of aromatic nitrogens is 2. The first-order valence-electron chi connectivity index (χ1n) is 4.52. The van der Waals surface area contributed by atoms with Gasteiger partial charge < -0.3 is 4.74 Å². The van der Waals surface area contributed by atoms with Crippen LogP contribution in [0.4, 0.5) is 0 Å². The predicted molar refractivity (Wildman–Crippen MR) is 60.4 cm³/mol. The summed E-state index contributed by atoms with van der Waals surface area (Å²) in [5, 5.41) is 0. The van der Waals surface area contributed by atoms with E-state index in [2.05, 4.69) is 4.98 Å². The molecule has 0 saturated carbocycles. The molecule has 1 aromatic rings. The van der Waals surface area contributed by atoms with Gasteiger partial charge in [-0.2, -0.15) is 11.8 Å². The quantitative estimate of drug-likeness (QED) is 0.733. The van der Waals surface area contributed by atoms with Crippen LogP contribution in [0.3, 0.4) is 0 Å². The van der Waals surface area contributed by atoms with Crippen LogP contribution < -0.4 is 11.2 Å². The fourth-order valence-corrected chi connectivity index (χ4v) is 1.30. The molecule has 0 aliphatic heterocycles. The Labute approximate surface area is 91.5 Å². The van der Waals surface area contributed by atoms with E-state index in [0.717, 1.165) is 5.75 Å². The van der Waals surface area contributed by atoms with Crippen LogP contribution in [0.15, 0.2) is 15.8 Å². The molecular formula is C9H14N2O3S. The molecule has 1 aromatic heterocycles. The van der Waals surface area contributed by atoms with Crippen LogP contribution in [0.2, 0.25) is 0 Å². The molecule has 0 bridgehead atoms. The Bertz CT molecular complexity index is 424. The van der Waals surface area contributed by atoms with E-state index in [9.17, 15) is 9.59 Å². The van der Waals surface area contributed by atoms with Gasteiger partial charge in [-0.15, -0.1) is 0 Å². The normalized spacial score (nSPS) is 10.5. The first kappa shape index (κ1) is 12.1. The summed E-state index contributed by atoms with van der Waals surface area (Å²) in [7, 11) is 0. The van der Waals surface area contributed by atoms with Gasteiger partial charge in [-0.05, 0) is 13.2 Å². The SMILES string of the molecule is CSCCOCn1cc(C)c(=O)[nH]c1=O. The third kappa shape index (κ3) is 3.56. The van der Waals surface area contributed by atoms with Crippen LogP contribution in [0.1, 0.15) is 5.56 Å². The number of rotatable bonds is 5. The monoisotopic (exact) mass is 230 g/mol. The molecule has 0 aliphatic carbocycles. The Hall–Kier alpha value is -1.01. The molecule has 6 heteroatoms. The van der Waals surface area contributed by atoms with Gasteiger partial charge in [0, 0.05) is 17.5 Å². The van der Waals surface area contributed by atoms with Crippen LogP contribution in [0, 0.1) is 6.92 Å². The van der Waals surface area contributed by atoms with Crippen molar-refractivity contribution >= 4 is 11.8 Å². The molecule has 0 atom stereocenters. The van der Waals surface area contributed by atoms with Gasteiger partial charge in [0.25, 0.3) is 5.56 Å². The summed E-state index contributed by atoms with van der Waals surface area (Å²) >= 11 is 1.68. The number of aryl methyl sites for hydroxylation is 1. The lowest BCUT2D eigenvalue weighted by molar-refractivity contribution is 0.0862. The highest BCUT2D eigenvalue weighted by Gasteiger charge is 1.99. The van der Waals surface area contributed by atoms with Gasteiger partial charge in [0.2, 0.25) is 0 Å². The molecule has 0 radical (unpaired) electrons. The molecule has 0 fully saturated rings. The first-order valence-corrected chi connectivity index (χ1v) is 5.91. The van der Waals surface area contributed by atoms with E-state index < -0.39 is 5.69 Å². The minimum absolute atomic E-state index is 0.178. The van der Waals surface area contributed by atoms with Crippen molar-refractivity contribution in [2.24, 2.45) is 0 Å². The molecule has 0 unspecified atom stereocenters. The Morgan fingerprint density at radius 1 is 1.53 bits per heavy atom. The number of H-pyrrole nitrogens is 1. The predicted octanol–water partition coefficient (Wildman–Crippen LogP) is 0.182. The van der Waals surface area contributed by atoms with Crippen LogP contribution in [-0.4, -0.2) is 28.2 Å². The number of nitrogens with zero attached hydrogens (tertiary/aromatic N) is 1. The Morgan fingerprint density at radius 3 is 2.93 bits per heavy atom. The second kappa shape index (κ2) is 5.77. The zero-order chi connectivity index (χ0) is 11.3. The molecule has 84 valence electrons. The number of hydrogen-bond acceptors (Lipinski definition) is 4. The van der Waals surface area contributed by atoms with Crippen molar-refractivity contribution in [2.75, 3.05) is 18.6 Å². The summed E-state index contributed by atoms with van der Waals surface area (Å²) < 4.78 is 6.60. The van der Waals surface area contributed by atoms with Gasteiger partial charge in [0.1, 0.15) is 6.73 Å². The number of thioether (sulfide) groups is 1. The molecule has 1 heterocycles. The van der Waals surface area contributed by atoms with Gasteiger partial charge in [0.15, 0.2) is 0 Å². The summed E-state index contributed by atoms with van der Waals surface area (Å²) in [4.78, 5) is 24.5. The van der Waals surface area contributed by atoms with Gasteiger partial charge in [0.05, 0.1) is 6.61 Å². The zero-order valence-corrected chi connectivity index (χ0v) is 9.60. The van der Waals surface area contributed by atoms with E-state index >= 15 is 0 Å². The van der Waals surface area contributed by atoms with Gasteiger partial charge in [-0.1, -0.05) is 0 Å². The van der Waals surface area contributed by atoms with Crippen molar-refractivity contribution in [2.45, 2.75) is 13.7 Å². The van der Waals surface area contributed by atoms with E-state index in [1.54, 1.807) is 18.7 Å². The number of nitrogens with one attached hydrogen (secondary N) is 1. The molecule has 1 N–H and O–H groups in total. The Balaban J connectivity index is 2.66. The maximum Gasteiger partial charge on any atom is 0.330 e. The number of ether oxygens (including phenoxy) is 1. The topological polar surface area (TPSA) is 64.1 Å². The second-order valence-electron chi connectivity index (χ2n) is 3.07. The highest BCUT2D eigenvalue weighted by Crippen LogP contribution is 1.92. The van der Waals surface area contributed by atoms with Gasteiger partial charge in [-0.3, -0.25) is 14.3 Å². The fraction of sp³-hybridized carbons (Fsp3) is 0.556. The first-order chi connectivity index (χ1) is 7.15. The molecule has 0 spiro atoms. The molecule has 0 amide bonds. The Morgan fingerprint density at radius 2 is 2.27 bits per heavy atom. The van der Waals surface area contributed by atoms with E-state index in [0.29, 0.717) is 12.2 Å². The maximum atomic E-state index is 11.3. The van der Waals surface area contributed by atoms with Crippen LogP contribution in [0.25, 0.3) is 0 Å². The lowest BCUT2D eigenvalue weighted by Gasteiger charge is -2.06. The third-order valence-electron chi connectivity index (χ3n) is 1.85. The lowest BCUT2D eigenvalue weighted by Crippen LogP contribution is -2.31. The molecule has 15 heavy (non-hydrogen) atoms. The zero-order valence-electron chi connectivity index (χ0n) is 8.78. The van der Waals surface area contributed by atoms with Crippen molar-refractivity contribution in [1.82, 2.24) is 9.55 Å². The standard InChI is InChI=1S/C9H14N2O3S/c1-7-5-11(6-14-3-4-15-2)9(13)10-8(7)12/h5H,3-4,6H2,1-2H3,(H,10,12,13). The Kier molecular flexibility index (Phi) is 4.64. The lowest BCUT2D eigenvalue weighted by atomic mass is 10.4. The van der Waals surface area contributed by atoms with Crippen molar-refractivity contribution < 1.29 is 4.74 Å². The van der Waals surface area contributed by atoms with Crippen LogP contribution in [0.5, 0.6) is 0 Å². The molecule has 1 rings (SSSR count). The van der Waals surface area contributed by atoms with E-state index in [-0.39, 0.29) is 12.3 Å². The van der Waals surface area contributed by atoms with E-state index in [1.807, 2.05) is 6.26 Å². The van der Waals surface area contributed by atoms with Gasteiger partial charge >= 0.3 is 5.69 Å². The average Bonchev–Trinajstić information content (AvgIpc) is 2.20. The van der Waals surface area contributed by atoms with Crippen LogP contribution >= 0.6 is 11.8 Å². The van der Waals surface area contributed by atoms with E-state index in [4.69, 9.17) is 4.74 Å². The van der Waals surface area contributed by atoms with Gasteiger partial charge in [-0.25, -0.2) is 4.79 Å². The second-order valence-corrected chi connectivity index (χ2v) is 4.06. The molecule has 0 saturated heterocycles. The minimum atomic E-state index is -0.435. The van der Waals surface area contributed by atoms with Crippen molar-refractivity contribution in [3.05, 3.63) is 32.6 Å². The molecule has 5 nitrogen and oxygen atoms in total. The van der Waals surface area contributed by atoms with Crippen molar-refractivity contribution in [3.63, 3.8) is 0 Å². The van der Waals surface area contributed by atoms with E-state index in [1.165, 1.54) is 10.8 Å². The molecule has 0 aliphatic rings. The third-order valence-corrected chi connectivity index (χ3v) is 2.43. The number of aromatic amines is 1. The average molecular weight is 230 g/mol. The van der Waals surface area contributed by atoms with Crippen LogP contribution in [-0.2, 0) is 11.5 Å². The molecular weight excluding hydrogens is 216 g/mol.